The smallest absolute Gasteiger partial charge is 0.149 e. The molecule has 3 aromatic heterocycles. The molecule has 0 unspecified atom stereocenters. The molecule has 0 atom stereocenters. The number of phenolic OH excluding ortho intramolecular Hbond substituents is 1. The first-order valence-electron chi connectivity index (χ1n) is 8.09. The lowest BCUT2D eigenvalue weighted by Gasteiger charge is -2.04. The van der Waals surface area contributed by atoms with Crippen LogP contribution in [0.4, 0.5) is 4.39 Å². The first-order valence-corrected chi connectivity index (χ1v) is 8.09. The molecule has 3 heterocycles. The van der Waals surface area contributed by atoms with Gasteiger partial charge in [0.25, 0.3) is 0 Å². The second kappa shape index (κ2) is 6.02. The van der Waals surface area contributed by atoms with Gasteiger partial charge in [0.1, 0.15) is 17.4 Å². The molecule has 0 aliphatic rings. The summed E-state index contributed by atoms with van der Waals surface area (Å²) in [5.41, 5.74) is 3.89. The van der Waals surface area contributed by atoms with Crippen molar-refractivity contribution < 1.29 is 9.50 Å². The summed E-state index contributed by atoms with van der Waals surface area (Å²) in [4.78, 5) is 9.17. The second-order valence-corrected chi connectivity index (χ2v) is 5.75. The lowest BCUT2D eigenvalue weighted by Crippen LogP contribution is -1.92. The van der Waals surface area contributed by atoms with Gasteiger partial charge in [0, 0.05) is 23.7 Å². The normalized spacial score (nSPS) is 11.1. The van der Waals surface area contributed by atoms with Crippen LogP contribution in [0.15, 0.2) is 60.9 Å². The van der Waals surface area contributed by atoms with E-state index in [-0.39, 0.29) is 5.75 Å². The van der Waals surface area contributed by atoms with E-state index in [1.54, 1.807) is 6.20 Å². The SMILES string of the molecule is CCc1ncccc1-c1nc(-c2cc(F)ccc2O)n2ccccc12. The fourth-order valence-corrected chi connectivity index (χ4v) is 3.05. The Morgan fingerprint density at radius 3 is 2.80 bits per heavy atom. The Morgan fingerprint density at radius 1 is 1.08 bits per heavy atom. The van der Waals surface area contributed by atoms with Crippen LogP contribution in [0.25, 0.3) is 28.2 Å². The van der Waals surface area contributed by atoms with E-state index in [2.05, 4.69) is 4.98 Å². The molecule has 0 saturated carbocycles. The van der Waals surface area contributed by atoms with E-state index in [1.165, 1.54) is 18.2 Å². The standard InChI is InChI=1S/C20H16FN3O/c1-2-16-14(6-5-10-22-16)19-17-7-3-4-11-24(17)20(23-19)15-12-13(21)8-9-18(15)25/h3-12,25H,2H2,1H3. The lowest BCUT2D eigenvalue weighted by atomic mass is 10.1. The molecule has 4 aromatic rings. The van der Waals surface area contributed by atoms with E-state index in [0.717, 1.165) is 28.9 Å². The number of fused-ring (bicyclic) bond motifs is 1. The number of nitrogens with zero attached hydrogens (tertiary/aromatic N) is 3. The first kappa shape index (κ1) is 15.3. The molecule has 5 heteroatoms. The van der Waals surface area contributed by atoms with E-state index in [1.807, 2.05) is 47.9 Å². The maximum atomic E-state index is 13.7. The highest BCUT2D eigenvalue weighted by atomic mass is 19.1. The lowest BCUT2D eigenvalue weighted by molar-refractivity contribution is 0.474. The minimum atomic E-state index is -0.419. The third kappa shape index (κ3) is 2.54. The molecule has 4 rings (SSSR count). The second-order valence-electron chi connectivity index (χ2n) is 5.75. The van der Waals surface area contributed by atoms with Gasteiger partial charge in [-0.15, -0.1) is 0 Å². The van der Waals surface area contributed by atoms with Crippen molar-refractivity contribution in [3.05, 3.63) is 72.4 Å². The molecule has 0 aliphatic carbocycles. The summed E-state index contributed by atoms with van der Waals surface area (Å²) in [7, 11) is 0. The third-order valence-electron chi connectivity index (χ3n) is 4.23. The van der Waals surface area contributed by atoms with Crippen LogP contribution in [0.2, 0.25) is 0 Å². The molecule has 4 nitrogen and oxygen atoms in total. The Kier molecular flexibility index (Phi) is 3.69. The van der Waals surface area contributed by atoms with Crippen molar-refractivity contribution in [1.82, 2.24) is 14.4 Å². The Labute approximate surface area is 144 Å². The van der Waals surface area contributed by atoms with Gasteiger partial charge in [-0.3, -0.25) is 9.38 Å². The number of pyridine rings is 2. The molecule has 0 radical (unpaired) electrons. The maximum Gasteiger partial charge on any atom is 0.149 e. The summed E-state index contributed by atoms with van der Waals surface area (Å²) < 4.78 is 15.6. The summed E-state index contributed by atoms with van der Waals surface area (Å²) in [6, 6.07) is 13.5. The molecule has 0 aliphatic heterocycles. The summed E-state index contributed by atoms with van der Waals surface area (Å²) in [6.07, 6.45) is 4.40. The Balaban J connectivity index is 2.04. The number of aromatic nitrogens is 3. The number of aromatic hydroxyl groups is 1. The average Bonchev–Trinajstić information content (AvgIpc) is 3.03. The van der Waals surface area contributed by atoms with Crippen molar-refractivity contribution in [1.29, 1.82) is 0 Å². The number of benzene rings is 1. The monoisotopic (exact) mass is 333 g/mol. The van der Waals surface area contributed by atoms with Crippen LogP contribution in [0.5, 0.6) is 5.75 Å². The molecule has 1 N–H and O–H groups in total. The summed E-state index contributed by atoms with van der Waals surface area (Å²) in [5, 5.41) is 10.2. The largest absolute Gasteiger partial charge is 0.507 e. The molecule has 0 amide bonds. The van der Waals surface area contributed by atoms with Gasteiger partial charge < -0.3 is 5.11 Å². The summed E-state index contributed by atoms with van der Waals surface area (Å²) >= 11 is 0. The number of halogens is 1. The van der Waals surface area contributed by atoms with Crippen LogP contribution in [0.3, 0.4) is 0 Å². The molecule has 124 valence electrons. The zero-order chi connectivity index (χ0) is 17.4. The molecule has 0 fully saturated rings. The van der Waals surface area contributed by atoms with E-state index >= 15 is 0 Å². The van der Waals surface area contributed by atoms with E-state index < -0.39 is 5.82 Å². The van der Waals surface area contributed by atoms with Crippen LogP contribution in [0, 0.1) is 5.82 Å². The molecule has 1 aromatic carbocycles. The van der Waals surface area contributed by atoms with E-state index in [4.69, 9.17) is 4.98 Å². The Morgan fingerprint density at radius 2 is 1.96 bits per heavy atom. The highest BCUT2D eigenvalue weighted by molar-refractivity contribution is 5.83. The van der Waals surface area contributed by atoms with E-state index in [9.17, 15) is 9.50 Å². The van der Waals surface area contributed by atoms with Crippen molar-refractivity contribution in [2.75, 3.05) is 0 Å². The zero-order valence-electron chi connectivity index (χ0n) is 13.6. The number of phenols is 1. The topological polar surface area (TPSA) is 50.4 Å². The van der Waals surface area contributed by atoms with Gasteiger partial charge in [-0.2, -0.15) is 0 Å². The van der Waals surface area contributed by atoms with Gasteiger partial charge >= 0.3 is 0 Å². The average molecular weight is 333 g/mol. The predicted molar refractivity (Wildman–Crippen MR) is 94.9 cm³/mol. The van der Waals surface area contributed by atoms with Gasteiger partial charge in [0.2, 0.25) is 0 Å². The van der Waals surface area contributed by atoms with Gasteiger partial charge in [-0.05, 0) is 48.9 Å². The molecular formula is C20H16FN3O. The van der Waals surface area contributed by atoms with Gasteiger partial charge in [-0.25, -0.2) is 9.37 Å². The quantitative estimate of drug-likeness (QED) is 0.602. The molecule has 0 saturated heterocycles. The van der Waals surface area contributed by atoms with Crippen LogP contribution in [-0.2, 0) is 6.42 Å². The molecule has 0 spiro atoms. The molecular weight excluding hydrogens is 317 g/mol. The number of aryl methyl sites for hydroxylation is 1. The molecule has 0 bridgehead atoms. The summed E-state index contributed by atoms with van der Waals surface area (Å²) in [6.45, 7) is 2.05. The van der Waals surface area contributed by atoms with Crippen molar-refractivity contribution >= 4 is 5.52 Å². The third-order valence-corrected chi connectivity index (χ3v) is 4.23. The highest BCUT2D eigenvalue weighted by Crippen LogP contribution is 2.34. The fourth-order valence-electron chi connectivity index (χ4n) is 3.05. The van der Waals surface area contributed by atoms with Gasteiger partial charge in [-0.1, -0.05) is 13.0 Å². The Hall–Kier alpha value is -3.21. The summed E-state index contributed by atoms with van der Waals surface area (Å²) in [5.74, 6) is 0.0665. The van der Waals surface area contributed by atoms with Crippen LogP contribution in [0.1, 0.15) is 12.6 Å². The van der Waals surface area contributed by atoms with Gasteiger partial charge in [0.05, 0.1) is 16.8 Å². The predicted octanol–water partition coefficient (Wildman–Crippen LogP) is 4.47. The van der Waals surface area contributed by atoms with E-state index in [0.29, 0.717) is 11.4 Å². The number of imidazole rings is 1. The maximum absolute atomic E-state index is 13.7. The minimum absolute atomic E-state index is 0.00870. The fraction of sp³-hybridized carbons (Fsp3) is 0.100. The van der Waals surface area contributed by atoms with Crippen molar-refractivity contribution in [3.8, 4) is 28.4 Å². The van der Waals surface area contributed by atoms with Crippen molar-refractivity contribution in [2.45, 2.75) is 13.3 Å². The van der Waals surface area contributed by atoms with Crippen LogP contribution < -0.4 is 0 Å². The van der Waals surface area contributed by atoms with Crippen LogP contribution in [-0.4, -0.2) is 19.5 Å². The first-order chi connectivity index (χ1) is 12.2. The molecule has 25 heavy (non-hydrogen) atoms. The van der Waals surface area contributed by atoms with Gasteiger partial charge in [0.15, 0.2) is 0 Å². The van der Waals surface area contributed by atoms with Crippen LogP contribution >= 0.6 is 0 Å². The number of hydrogen-bond acceptors (Lipinski definition) is 3. The number of rotatable bonds is 3. The number of hydrogen-bond donors (Lipinski definition) is 1. The Bertz CT molecular complexity index is 1070. The minimum Gasteiger partial charge on any atom is -0.507 e. The van der Waals surface area contributed by atoms with Crippen molar-refractivity contribution in [2.24, 2.45) is 0 Å². The van der Waals surface area contributed by atoms with Crippen molar-refractivity contribution in [3.63, 3.8) is 0 Å². The highest BCUT2D eigenvalue weighted by Gasteiger charge is 2.18. The zero-order valence-corrected chi connectivity index (χ0v) is 13.6.